The number of aromatic nitrogens is 2. The first-order valence-corrected chi connectivity index (χ1v) is 20.9. The van der Waals surface area contributed by atoms with E-state index in [9.17, 15) is 0 Å². The second kappa shape index (κ2) is 13.2. The van der Waals surface area contributed by atoms with Gasteiger partial charge in [-0.05, 0) is 101 Å². The van der Waals surface area contributed by atoms with E-state index in [1.54, 1.807) is 0 Å². The molecule has 1 aliphatic rings. The summed E-state index contributed by atoms with van der Waals surface area (Å²) in [5.41, 5.74) is 17.9. The van der Waals surface area contributed by atoms with Crippen molar-refractivity contribution < 1.29 is 0 Å². The van der Waals surface area contributed by atoms with Gasteiger partial charge in [0.1, 0.15) is 0 Å². The molecule has 0 saturated heterocycles. The minimum atomic E-state index is -0.146. The van der Waals surface area contributed by atoms with Crippen molar-refractivity contribution in [2.45, 2.75) is 19.3 Å². The minimum Gasteiger partial charge on any atom is -0.310 e. The van der Waals surface area contributed by atoms with Crippen LogP contribution in [0.15, 0.2) is 212 Å². The van der Waals surface area contributed by atoms with Gasteiger partial charge < -0.3 is 14.0 Å². The quantitative estimate of drug-likeness (QED) is 0.164. The molecule has 60 heavy (non-hydrogen) atoms. The lowest BCUT2D eigenvalue weighted by Crippen LogP contribution is -2.17. The summed E-state index contributed by atoms with van der Waals surface area (Å²) in [4.78, 5) is 2.48. The molecule has 11 aromatic rings. The maximum absolute atomic E-state index is 2.48. The van der Waals surface area contributed by atoms with Crippen LogP contribution in [0.2, 0.25) is 0 Å². The maximum atomic E-state index is 2.48. The highest BCUT2D eigenvalue weighted by atomic mass is 15.1. The summed E-state index contributed by atoms with van der Waals surface area (Å²) in [5.74, 6) is 0. The Morgan fingerprint density at radius 2 is 0.833 bits per heavy atom. The standard InChI is InChI=1S/C57H41N3/c1-57(2)50-25-13-9-22-44(50)45-33-30-41(36-51(45)57)58(42-31-34-49-47-24-12-16-28-54(47)60(56(49)37-42)40-19-7-4-8-20-40)52-26-14-10-21-43(52)38-29-32-48-46-23-11-15-27-53(46)59(55(48)35-38)39-17-5-3-6-18-39/h3-37H,1-2H3. The van der Waals surface area contributed by atoms with E-state index in [-0.39, 0.29) is 5.41 Å². The predicted molar refractivity (Wildman–Crippen MR) is 253 cm³/mol. The predicted octanol–water partition coefficient (Wildman–Crippen LogP) is 15.3. The summed E-state index contributed by atoms with van der Waals surface area (Å²) in [6, 6.07) is 78.0. The van der Waals surface area contributed by atoms with Crippen LogP contribution in [-0.4, -0.2) is 9.13 Å². The molecule has 0 radical (unpaired) electrons. The van der Waals surface area contributed by atoms with E-state index >= 15 is 0 Å². The van der Waals surface area contributed by atoms with E-state index in [0.717, 1.165) is 39.6 Å². The van der Waals surface area contributed by atoms with Crippen LogP contribution < -0.4 is 4.90 Å². The van der Waals surface area contributed by atoms with Crippen LogP contribution in [0.25, 0.3) is 77.2 Å². The normalized spacial score (nSPS) is 13.0. The molecule has 0 bridgehead atoms. The Morgan fingerprint density at radius 3 is 1.52 bits per heavy atom. The summed E-state index contributed by atoms with van der Waals surface area (Å²) in [6.45, 7) is 4.73. The number of rotatable bonds is 6. The number of fused-ring (bicyclic) bond motifs is 9. The Bertz CT molecular complexity index is 3460. The molecule has 1 aliphatic carbocycles. The molecule has 0 fully saturated rings. The van der Waals surface area contributed by atoms with Crippen LogP contribution in [0.3, 0.4) is 0 Å². The molecule has 9 aromatic carbocycles. The van der Waals surface area contributed by atoms with Gasteiger partial charge in [0.25, 0.3) is 0 Å². The molecule has 3 heteroatoms. The van der Waals surface area contributed by atoms with Crippen molar-refractivity contribution in [2.75, 3.05) is 4.90 Å². The molecule has 0 unspecified atom stereocenters. The minimum absolute atomic E-state index is 0.146. The Kier molecular flexibility index (Phi) is 7.58. The van der Waals surface area contributed by atoms with Crippen molar-refractivity contribution in [1.82, 2.24) is 9.13 Å². The SMILES string of the molecule is CC1(C)c2ccccc2-c2ccc(N(c3ccc4c5ccccc5n(-c5ccccc5)c4c3)c3ccccc3-c3ccc4c5ccccc5n(-c5ccccc5)c4c3)cc21. The third-order valence-electron chi connectivity index (χ3n) is 12.9. The molecule has 284 valence electrons. The smallest absolute Gasteiger partial charge is 0.0561 e. The van der Waals surface area contributed by atoms with E-state index in [1.165, 1.54) is 65.9 Å². The van der Waals surface area contributed by atoms with E-state index < -0.39 is 0 Å². The molecule has 0 spiro atoms. The molecule has 0 saturated carbocycles. The Hall–Kier alpha value is -7.62. The van der Waals surface area contributed by atoms with Crippen molar-refractivity contribution in [3.63, 3.8) is 0 Å². The van der Waals surface area contributed by atoms with Gasteiger partial charge in [0.2, 0.25) is 0 Å². The summed E-state index contributed by atoms with van der Waals surface area (Å²) in [6.07, 6.45) is 0. The highest BCUT2D eigenvalue weighted by Gasteiger charge is 2.36. The van der Waals surface area contributed by atoms with Crippen LogP contribution in [0, 0.1) is 0 Å². The molecular formula is C57H41N3. The Balaban J connectivity index is 1.12. The van der Waals surface area contributed by atoms with Gasteiger partial charge in [-0.25, -0.2) is 0 Å². The Morgan fingerprint density at radius 1 is 0.350 bits per heavy atom. The molecule has 0 atom stereocenters. The van der Waals surface area contributed by atoms with Crippen LogP contribution in [0.4, 0.5) is 17.1 Å². The van der Waals surface area contributed by atoms with Crippen molar-refractivity contribution >= 4 is 60.7 Å². The molecule has 3 nitrogen and oxygen atoms in total. The number of para-hydroxylation sites is 5. The average molecular weight is 768 g/mol. The number of nitrogens with zero attached hydrogens (tertiary/aromatic N) is 3. The van der Waals surface area contributed by atoms with Gasteiger partial charge >= 0.3 is 0 Å². The fourth-order valence-corrected chi connectivity index (χ4v) is 10.1. The second-order valence-corrected chi connectivity index (χ2v) is 16.6. The van der Waals surface area contributed by atoms with Crippen LogP contribution >= 0.6 is 0 Å². The zero-order valence-electron chi connectivity index (χ0n) is 33.5. The van der Waals surface area contributed by atoms with Gasteiger partial charge in [0.15, 0.2) is 0 Å². The summed E-state index contributed by atoms with van der Waals surface area (Å²) < 4.78 is 4.82. The van der Waals surface area contributed by atoms with Gasteiger partial charge in [-0.1, -0.05) is 153 Å². The lowest BCUT2D eigenvalue weighted by Gasteiger charge is -2.30. The topological polar surface area (TPSA) is 13.1 Å². The van der Waals surface area contributed by atoms with Crippen LogP contribution in [0.1, 0.15) is 25.0 Å². The van der Waals surface area contributed by atoms with Crippen LogP contribution in [0.5, 0.6) is 0 Å². The van der Waals surface area contributed by atoms with Crippen LogP contribution in [-0.2, 0) is 5.41 Å². The fraction of sp³-hybridized carbons (Fsp3) is 0.0526. The van der Waals surface area contributed by atoms with Crippen molar-refractivity contribution in [3.05, 3.63) is 223 Å². The maximum Gasteiger partial charge on any atom is 0.0561 e. The van der Waals surface area contributed by atoms with E-state index in [1.807, 2.05) is 0 Å². The number of hydrogen-bond donors (Lipinski definition) is 0. The first kappa shape index (κ1) is 34.4. The lowest BCUT2D eigenvalue weighted by molar-refractivity contribution is 0.660. The molecule has 12 rings (SSSR count). The third-order valence-corrected chi connectivity index (χ3v) is 12.9. The van der Waals surface area contributed by atoms with E-state index in [2.05, 4.69) is 240 Å². The summed E-state index contributed by atoms with van der Waals surface area (Å²) >= 11 is 0. The molecule has 0 N–H and O–H groups in total. The molecule has 2 aromatic heterocycles. The van der Waals surface area contributed by atoms with Crippen molar-refractivity contribution in [2.24, 2.45) is 0 Å². The van der Waals surface area contributed by atoms with Crippen molar-refractivity contribution in [3.8, 4) is 33.6 Å². The molecule has 0 aliphatic heterocycles. The summed E-state index contributed by atoms with van der Waals surface area (Å²) in [5, 5.41) is 4.97. The largest absolute Gasteiger partial charge is 0.310 e. The molecule has 2 heterocycles. The highest BCUT2D eigenvalue weighted by molar-refractivity contribution is 6.12. The average Bonchev–Trinajstić information content (AvgIpc) is 3.89. The van der Waals surface area contributed by atoms with Gasteiger partial charge in [0.05, 0.1) is 27.8 Å². The monoisotopic (exact) mass is 767 g/mol. The third kappa shape index (κ3) is 5.09. The number of hydrogen-bond acceptors (Lipinski definition) is 1. The molecule has 0 amide bonds. The number of benzene rings is 9. The number of anilines is 3. The van der Waals surface area contributed by atoms with Gasteiger partial charge in [-0.2, -0.15) is 0 Å². The zero-order chi connectivity index (χ0) is 40.0. The first-order valence-electron chi connectivity index (χ1n) is 20.9. The van der Waals surface area contributed by atoms with Gasteiger partial charge in [0, 0.05) is 55.3 Å². The van der Waals surface area contributed by atoms with Gasteiger partial charge in [-0.15, -0.1) is 0 Å². The zero-order valence-corrected chi connectivity index (χ0v) is 33.5. The highest BCUT2D eigenvalue weighted by Crippen LogP contribution is 2.52. The van der Waals surface area contributed by atoms with Gasteiger partial charge in [-0.3, -0.25) is 0 Å². The second-order valence-electron chi connectivity index (χ2n) is 16.6. The lowest BCUT2D eigenvalue weighted by atomic mass is 9.82. The first-order chi connectivity index (χ1) is 29.5. The van der Waals surface area contributed by atoms with Crippen molar-refractivity contribution in [1.29, 1.82) is 0 Å². The van der Waals surface area contributed by atoms with E-state index in [4.69, 9.17) is 0 Å². The summed E-state index contributed by atoms with van der Waals surface area (Å²) in [7, 11) is 0. The van der Waals surface area contributed by atoms with E-state index in [0.29, 0.717) is 0 Å². The molecular weight excluding hydrogens is 727 g/mol. The Labute approximate surface area is 349 Å². The fourth-order valence-electron chi connectivity index (χ4n) is 10.1.